The minimum atomic E-state index is 0.173. The van der Waals surface area contributed by atoms with Gasteiger partial charge in [-0.25, -0.2) is 4.98 Å². The van der Waals surface area contributed by atoms with E-state index in [2.05, 4.69) is 21.4 Å². The van der Waals surface area contributed by atoms with E-state index in [1.54, 1.807) is 0 Å². The summed E-state index contributed by atoms with van der Waals surface area (Å²) in [6.07, 6.45) is 7.32. The van der Waals surface area contributed by atoms with E-state index in [1.165, 1.54) is 19.3 Å². The summed E-state index contributed by atoms with van der Waals surface area (Å²) in [5.74, 6) is 1.34. The van der Waals surface area contributed by atoms with Crippen LogP contribution < -0.4 is 5.32 Å². The predicted octanol–water partition coefficient (Wildman–Crippen LogP) is 4.87. The number of para-hydroxylation sites is 3. The van der Waals surface area contributed by atoms with Crippen LogP contribution in [0.4, 0.5) is 5.69 Å². The quantitative estimate of drug-likeness (QED) is 0.692. The molecule has 0 atom stereocenters. The molecule has 4 heteroatoms. The molecule has 0 spiro atoms. The Morgan fingerprint density at radius 1 is 1.00 bits per heavy atom. The Kier molecular flexibility index (Phi) is 5.00. The summed E-state index contributed by atoms with van der Waals surface area (Å²) in [6.45, 7) is 0. The molecule has 0 bridgehead atoms. The van der Waals surface area contributed by atoms with E-state index in [4.69, 9.17) is 0 Å². The molecule has 1 fully saturated rings. The van der Waals surface area contributed by atoms with E-state index < -0.39 is 0 Å². The lowest BCUT2D eigenvalue weighted by molar-refractivity contribution is -0.120. The van der Waals surface area contributed by atoms with Crippen molar-refractivity contribution in [3.8, 4) is 0 Å². The summed E-state index contributed by atoms with van der Waals surface area (Å²) < 4.78 is 0. The molecular formula is C22H25N3O. The second kappa shape index (κ2) is 7.73. The molecule has 1 aromatic heterocycles. The SMILES string of the molecule is O=C(Nc1ccccc1CCc1nc2ccccc2[nH]1)C1CCCCC1. The second-order valence-electron chi connectivity index (χ2n) is 7.18. The summed E-state index contributed by atoms with van der Waals surface area (Å²) in [4.78, 5) is 20.6. The number of aromatic amines is 1. The van der Waals surface area contributed by atoms with E-state index in [0.29, 0.717) is 0 Å². The van der Waals surface area contributed by atoms with Crippen LogP contribution in [0.2, 0.25) is 0 Å². The zero-order valence-electron chi connectivity index (χ0n) is 15.0. The first-order chi connectivity index (χ1) is 12.8. The van der Waals surface area contributed by atoms with Crippen LogP contribution in [0.5, 0.6) is 0 Å². The van der Waals surface area contributed by atoms with E-state index in [0.717, 1.165) is 53.8 Å². The van der Waals surface area contributed by atoms with Crippen LogP contribution >= 0.6 is 0 Å². The van der Waals surface area contributed by atoms with Gasteiger partial charge in [0.15, 0.2) is 0 Å². The van der Waals surface area contributed by atoms with Gasteiger partial charge in [-0.3, -0.25) is 4.79 Å². The molecule has 2 aromatic carbocycles. The van der Waals surface area contributed by atoms with Crippen LogP contribution in [0.15, 0.2) is 48.5 Å². The molecule has 1 saturated carbocycles. The first kappa shape index (κ1) is 16.8. The number of aromatic nitrogens is 2. The van der Waals surface area contributed by atoms with Crippen molar-refractivity contribution in [2.75, 3.05) is 5.32 Å². The monoisotopic (exact) mass is 347 g/mol. The summed E-state index contributed by atoms with van der Waals surface area (Å²) in [5, 5.41) is 3.17. The number of hydrogen-bond donors (Lipinski definition) is 2. The summed E-state index contributed by atoms with van der Waals surface area (Å²) in [7, 11) is 0. The number of anilines is 1. The third-order valence-electron chi connectivity index (χ3n) is 5.32. The number of rotatable bonds is 5. The molecular weight excluding hydrogens is 322 g/mol. The van der Waals surface area contributed by atoms with E-state index >= 15 is 0 Å². The van der Waals surface area contributed by atoms with Crippen molar-refractivity contribution in [1.29, 1.82) is 0 Å². The highest BCUT2D eigenvalue weighted by molar-refractivity contribution is 5.93. The number of carbonyl (C=O) groups is 1. The summed E-state index contributed by atoms with van der Waals surface area (Å²) in [5.41, 5.74) is 4.18. The molecule has 1 heterocycles. The fourth-order valence-electron chi connectivity index (χ4n) is 3.84. The fourth-order valence-corrected chi connectivity index (χ4v) is 3.84. The number of carbonyl (C=O) groups excluding carboxylic acids is 1. The molecule has 4 nitrogen and oxygen atoms in total. The van der Waals surface area contributed by atoms with E-state index in [-0.39, 0.29) is 11.8 Å². The number of fused-ring (bicyclic) bond motifs is 1. The van der Waals surface area contributed by atoms with Gasteiger partial charge in [-0.2, -0.15) is 0 Å². The molecule has 3 aromatic rings. The van der Waals surface area contributed by atoms with E-state index in [9.17, 15) is 4.79 Å². The molecule has 0 saturated heterocycles. The molecule has 4 rings (SSSR count). The largest absolute Gasteiger partial charge is 0.342 e. The van der Waals surface area contributed by atoms with Crippen LogP contribution in [0.1, 0.15) is 43.5 Å². The maximum Gasteiger partial charge on any atom is 0.227 e. The number of hydrogen-bond acceptors (Lipinski definition) is 2. The first-order valence-corrected chi connectivity index (χ1v) is 9.62. The highest BCUT2D eigenvalue weighted by Gasteiger charge is 2.21. The lowest BCUT2D eigenvalue weighted by Gasteiger charge is -2.21. The van der Waals surface area contributed by atoms with Gasteiger partial charge < -0.3 is 10.3 Å². The lowest BCUT2D eigenvalue weighted by Crippen LogP contribution is -2.25. The molecule has 0 aliphatic heterocycles. The van der Waals surface area contributed by atoms with E-state index in [1.807, 2.05) is 42.5 Å². The van der Waals surface area contributed by atoms with Crippen molar-refractivity contribution in [2.24, 2.45) is 5.92 Å². The van der Waals surface area contributed by atoms with Gasteiger partial charge in [-0.1, -0.05) is 49.6 Å². The third-order valence-corrected chi connectivity index (χ3v) is 5.32. The van der Waals surface area contributed by atoms with Gasteiger partial charge >= 0.3 is 0 Å². The van der Waals surface area contributed by atoms with Crippen LogP contribution in [0, 0.1) is 5.92 Å². The first-order valence-electron chi connectivity index (χ1n) is 9.62. The molecule has 26 heavy (non-hydrogen) atoms. The number of aryl methyl sites for hydroxylation is 2. The van der Waals surface area contributed by atoms with Gasteiger partial charge in [0.05, 0.1) is 11.0 Å². The molecule has 1 aliphatic carbocycles. The van der Waals surface area contributed by atoms with Crippen LogP contribution in [-0.2, 0) is 17.6 Å². The molecule has 0 radical (unpaired) electrons. The Labute approximate surface area is 154 Å². The Morgan fingerprint density at radius 3 is 2.62 bits per heavy atom. The van der Waals surface area contributed by atoms with Crippen molar-refractivity contribution in [3.05, 3.63) is 59.9 Å². The smallest absolute Gasteiger partial charge is 0.227 e. The Hall–Kier alpha value is -2.62. The topological polar surface area (TPSA) is 57.8 Å². The van der Waals surface area contributed by atoms with Gasteiger partial charge in [-0.15, -0.1) is 0 Å². The van der Waals surface area contributed by atoms with Gasteiger partial charge in [0.25, 0.3) is 0 Å². The third kappa shape index (κ3) is 3.79. The number of nitrogens with zero attached hydrogens (tertiary/aromatic N) is 1. The minimum absolute atomic E-state index is 0.173. The van der Waals surface area contributed by atoms with Gasteiger partial charge in [0, 0.05) is 18.0 Å². The standard InChI is InChI=1S/C22H25N3O/c26-22(17-9-2-1-3-10-17)25-18-11-5-4-8-16(18)14-15-21-23-19-12-6-7-13-20(19)24-21/h4-8,11-13,17H,1-3,9-10,14-15H2,(H,23,24)(H,25,26). The Bertz CT molecular complexity index is 860. The lowest BCUT2D eigenvalue weighted by atomic mass is 9.88. The highest BCUT2D eigenvalue weighted by atomic mass is 16.1. The van der Waals surface area contributed by atoms with Crippen molar-refractivity contribution in [3.63, 3.8) is 0 Å². The Morgan fingerprint density at radius 2 is 1.77 bits per heavy atom. The van der Waals surface area contributed by atoms with Crippen LogP contribution in [0.25, 0.3) is 11.0 Å². The van der Waals surface area contributed by atoms with Crippen LogP contribution in [0.3, 0.4) is 0 Å². The minimum Gasteiger partial charge on any atom is -0.342 e. The Balaban J connectivity index is 1.44. The van der Waals surface area contributed by atoms with Gasteiger partial charge in [0.2, 0.25) is 5.91 Å². The molecule has 2 N–H and O–H groups in total. The second-order valence-corrected chi connectivity index (χ2v) is 7.18. The molecule has 1 aliphatic rings. The summed E-state index contributed by atoms with van der Waals surface area (Å²) >= 11 is 0. The van der Waals surface area contributed by atoms with Crippen LogP contribution in [-0.4, -0.2) is 15.9 Å². The van der Waals surface area contributed by atoms with Crippen molar-refractivity contribution in [1.82, 2.24) is 9.97 Å². The number of imidazole rings is 1. The number of benzene rings is 2. The predicted molar refractivity (Wildman–Crippen MR) is 105 cm³/mol. The number of nitrogens with one attached hydrogen (secondary N) is 2. The van der Waals surface area contributed by atoms with Gasteiger partial charge in [0.1, 0.15) is 5.82 Å². The number of amides is 1. The van der Waals surface area contributed by atoms with Gasteiger partial charge in [-0.05, 0) is 43.0 Å². The average Bonchev–Trinajstić information content (AvgIpc) is 3.11. The van der Waals surface area contributed by atoms with Crippen molar-refractivity contribution < 1.29 is 4.79 Å². The maximum absolute atomic E-state index is 12.6. The summed E-state index contributed by atoms with van der Waals surface area (Å²) in [6, 6.07) is 16.2. The molecule has 1 amide bonds. The zero-order valence-corrected chi connectivity index (χ0v) is 15.0. The fraction of sp³-hybridized carbons (Fsp3) is 0.364. The average molecular weight is 347 g/mol. The van der Waals surface area contributed by atoms with Crippen molar-refractivity contribution >= 4 is 22.6 Å². The molecule has 134 valence electrons. The van der Waals surface area contributed by atoms with Crippen molar-refractivity contribution in [2.45, 2.75) is 44.9 Å². The molecule has 0 unspecified atom stereocenters. The highest BCUT2D eigenvalue weighted by Crippen LogP contribution is 2.26. The zero-order chi connectivity index (χ0) is 17.8. The normalized spacial score (nSPS) is 15.2. The number of H-pyrrole nitrogens is 1. The maximum atomic E-state index is 12.6.